The van der Waals surface area contributed by atoms with Gasteiger partial charge in [-0.15, -0.1) is 0 Å². The molecule has 3 nitrogen and oxygen atoms in total. The molecule has 5 heteroatoms. The van der Waals surface area contributed by atoms with Gasteiger partial charge in [0.1, 0.15) is 5.75 Å². The van der Waals surface area contributed by atoms with Crippen LogP contribution in [0.3, 0.4) is 0 Å². The summed E-state index contributed by atoms with van der Waals surface area (Å²) >= 11 is 4.53. The Balaban J connectivity index is 2.02. The molecular formula is C15H22I2N2O. The lowest BCUT2D eigenvalue weighted by Crippen LogP contribution is -2.37. The van der Waals surface area contributed by atoms with Gasteiger partial charge in [-0.25, -0.2) is 0 Å². The molecule has 2 rings (SSSR count). The molecule has 1 N–H and O–H groups in total. The summed E-state index contributed by atoms with van der Waals surface area (Å²) in [7, 11) is 0. The molecule has 1 fully saturated rings. The minimum absolute atomic E-state index is 0.456. The van der Waals surface area contributed by atoms with Gasteiger partial charge in [0.25, 0.3) is 0 Å². The molecular weight excluding hydrogens is 478 g/mol. The van der Waals surface area contributed by atoms with E-state index >= 15 is 0 Å². The number of nitrogens with zero attached hydrogens (tertiary/aromatic N) is 2. The molecule has 1 heterocycles. The Morgan fingerprint density at radius 1 is 1.30 bits per heavy atom. The lowest BCUT2D eigenvalue weighted by atomic mass is 10.2. The lowest BCUT2D eigenvalue weighted by molar-refractivity contribution is 0.208. The van der Waals surface area contributed by atoms with Crippen molar-refractivity contribution in [3.8, 4) is 5.75 Å². The third-order valence-electron chi connectivity index (χ3n) is 4.08. The van der Waals surface area contributed by atoms with E-state index in [1.54, 1.807) is 0 Å². The van der Waals surface area contributed by atoms with Crippen LogP contribution in [0.1, 0.15) is 25.8 Å². The second kappa shape index (κ2) is 7.60. The number of likely N-dealkylation sites (N-methyl/N-ethyl adjacent to an activating group) is 1. The fourth-order valence-electron chi connectivity index (χ4n) is 2.97. The van der Waals surface area contributed by atoms with Gasteiger partial charge in [0.05, 0.1) is 3.57 Å². The molecule has 0 aliphatic carbocycles. The van der Waals surface area contributed by atoms with Crippen LogP contribution >= 0.6 is 45.2 Å². The fraction of sp³-hybridized carbons (Fsp3) is 0.600. The van der Waals surface area contributed by atoms with E-state index in [1.165, 1.54) is 9.99 Å². The first-order valence-electron chi connectivity index (χ1n) is 7.18. The monoisotopic (exact) mass is 500 g/mol. The van der Waals surface area contributed by atoms with Crippen molar-refractivity contribution in [1.82, 2.24) is 9.80 Å². The van der Waals surface area contributed by atoms with Crippen LogP contribution in [0.15, 0.2) is 12.1 Å². The van der Waals surface area contributed by atoms with Gasteiger partial charge in [-0.05, 0) is 76.8 Å². The molecule has 20 heavy (non-hydrogen) atoms. The summed E-state index contributed by atoms with van der Waals surface area (Å²) in [4.78, 5) is 5.00. The topological polar surface area (TPSA) is 26.7 Å². The molecule has 1 aromatic carbocycles. The van der Waals surface area contributed by atoms with E-state index in [0.717, 1.165) is 41.9 Å². The third kappa shape index (κ3) is 3.98. The van der Waals surface area contributed by atoms with Crippen LogP contribution in [0.5, 0.6) is 5.75 Å². The highest BCUT2D eigenvalue weighted by Crippen LogP contribution is 2.29. The second-order valence-electron chi connectivity index (χ2n) is 5.29. The van der Waals surface area contributed by atoms with Crippen molar-refractivity contribution in [1.29, 1.82) is 0 Å². The van der Waals surface area contributed by atoms with Gasteiger partial charge in [-0.2, -0.15) is 0 Å². The van der Waals surface area contributed by atoms with Gasteiger partial charge >= 0.3 is 0 Å². The Kier molecular flexibility index (Phi) is 6.37. The van der Waals surface area contributed by atoms with Gasteiger partial charge in [0.2, 0.25) is 0 Å². The van der Waals surface area contributed by atoms with E-state index in [2.05, 4.69) is 74.9 Å². The molecule has 1 unspecified atom stereocenters. The molecule has 0 spiro atoms. The Morgan fingerprint density at radius 2 is 2.00 bits per heavy atom. The minimum atomic E-state index is 0.456. The van der Waals surface area contributed by atoms with Gasteiger partial charge in [0.15, 0.2) is 0 Å². The van der Waals surface area contributed by atoms with Crippen LogP contribution in [-0.4, -0.2) is 47.1 Å². The van der Waals surface area contributed by atoms with Crippen molar-refractivity contribution in [2.45, 2.75) is 32.9 Å². The summed E-state index contributed by atoms with van der Waals surface area (Å²) < 4.78 is 2.14. The molecule has 1 aromatic rings. The van der Waals surface area contributed by atoms with Gasteiger partial charge in [0, 0.05) is 34.8 Å². The fourth-order valence-corrected chi connectivity index (χ4v) is 4.94. The average Bonchev–Trinajstić information content (AvgIpc) is 2.85. The van der Waals surface area contributed by atoms with Crippen molar-refractivity contribution < 1.29 is 5.11 Å². The summed E-state index contributed by atoms with van der Waals surface area (Å²) in [5.41, 5.74) is 1.06. The number of rotatable bonds is 5. The summed E-state index contributed by atoms with van der Waals surface area (Å²) in [5, 5.41) is 10.2. The number of hydrogen-bond acceptors (Lipinski definition) is 3. The maximum Gasteiger partial charge on any atom is 0.133 e. The highest BCUT2D eigenvalue weighted by atomic mass is 127. The van der Waals surface area contributed by atoms with Crippen LogP contribution in [0.4, 0.5) is 0 Å². The molecule has 1 aliphatic heterocycles. The normalized spacial score (nSPS) is 19.9. The highest BCUT2D eigenvalue weighted by molar-refractivity contribution is 14.1. The van der Waals surface area contributed by atoms with Crippen molar-refractivity contribution in [3.05, 3.63) is 24.8 Å². The molecule has 1 aliphatic rings. The Hall–Kier alpha value is 0.400. The number of halogens is 2. The smallest absolute Gasteiger partial charge is 0.133 e. The van der Waals surface area contributed by atoms with Gasteiger partial charge < -0.3 is 5.11 Å². The second-order valence-corrected chi connectivity index (χ2v) is 7.70. The zero-order chi connectivity index (χ0) is 14.7. The molecule has 0 aromatic heterocycles. The summed E-state index contributed by atoms with van der Waals surface area (Å²) in [6.45, 7) is 9.82. The zero-order valence-corrected chi connectivity index (χ0v) is 16.4. The van der Waals surface area contributed by atoms with Crippen molar-refractivity contribution in [2.24, 2.45) is 0 Å². The first-order chi connectivity index (χ1) is 9.55. The standard InChI is InChI=1S/C15H22I2N2O/c1-3-19(4-2)13-5-6-18(10-13)9-11-7-12(16)8-14(17)15(11)20/h7-8,13,20H,3-6,9-10H2,1-2H3. The van der Waals surface area contributed by atoms with Crippen LogP contribution < -0.4 is 0 Å². The van der Waals surface area contributed by atoms with Crippen LogP contribution in [-0.2, 0) is 6.54 Å². The quantitative estimate of drug-likeness (QED) is 0.628. The number of aromatic hydroxyl groups is 1. The average molecular weight is 500 g/mol. The third-order valence-corrected chi connectivity index (χ3v) is 5.52. The van der Waals surface area contributed by atoms with E-state index in [-0.39, 0.29) is 0 Å². The van der Waals surface area contributed by atoms with E-state index in [4.69, 9.17) is 0 Å². The van der Waals surface area contributed by atoms with Crippen molar-refractivity contribution in [2.75, 3.05) is 26.2 Å². The zero-order valence-electron chi connectivity index (χ0n) is 12.1. The summed E-state index contributed by atoms with van der Waals surface area (Å²) in [6, 6.07) is 4.79. The molecule has 0 radical (unpaired) electrons. The first-order valence-corrected chi connectivity index (χ1v) is 9.34. The predicted octanol–water partition coefficient (Wildman–Crippen LogP) is 3.52. The summed E-state index contributed by atoms with van der Waals surface area (Å²) in [6.07, 6.45) is 1.24. The van der Waals surface area contributed by atoms with Crippen LogP contribution in [0, 0.1) is 7.14 Å². The lowest BCUT2D eigenvalue weighted by Gasteiger charge is -2.26. The number of hydrogen-bond donors (Lipinski definition) is 1. The van der Waals surface area contributed by atoms with Crippen LogP contribution in [0.25, 0.3) is 0 Å². The number of benzene rings is 1. The number of phenolic OH excluding ortho intramolecular Hbond substituents is 1. The van der Waals surface area contributed by atoms with Crippen LogP contribution in [0.2, 0.25) is 0 Å². The number of likely N-dealkylation sites (tertiary alicyclic amines) is 1. The Labute approximate surface area is 149 Å². The maximum absolute atomic E-state index is 10.2. The highest BCUT2D eigenvalue weighted by Gasteiger charge is 2.26. The molecule has 0 amide bonds. The van der Waals surface area contributed by atoms with Crippen molar-refractivity contribution >= 4 is 45.2 Å². The van der Waals surface area contributed by atoms with Gasteiger partial charge in [-0.3, -0.25) is 9.80 Å². The molecule has 112 valence electrons. The summed E-state index contributed by atoms with van der Waals surface area (Å²) in [5.74, 6) is 0.456. The molecule has 0 saturated carbocycles. The van der Waals surface area contributed by atoms with E-state index in [9.17, 15) is 5.11 Å². The number of phenols is 1. The predicted molar refractivity (Wildman–Crippen MR) is 100 cm³/mol. The molecule has 1 atom stereocenters. The largest absolute Gasteiger partial charge is 0.507 e. The van der Waals surface area contributed by atoms with Gasteiger partial charge in [-0.1, -0.05) is 13.8 Å². The molecule has 0 bridgehead atoms. The van der Waals surface area contributed by atoms with E-state index in [1.807, 2.05) is 6.07 Å². The van der Waals surface area contributed by atoms with Crippen molar-refractivity contribution in [3.63, 3.8) is 0 Å². The maximum atomic E-state index is 10.2. The first kappa shape index (κ1) is 16.8. The van der Waals surface area contributed by atoms with E-state index < -0.39 is 0 Å². The molecule has 1 saturated heterocycles. The Bertz CT molecular complexity index is 463. The minimum Gasteiger partial charge on any atom is -0.507 e. The van der Waals surface area contributed by atoms with E-state index in [0.29, 0.717) is 11.8 Å². The SMILES string of the molecule is CCN(CC)C1CCN(Cc2cc(I)cc(I)c2O)C1. The Morgan fingerprint density at radius 3 is 2.65 bits per heavy atom.